The molecule has 0 fully saturated rings. The highest BCUT2D eigenvalue weighted by atomic mass is 16.5. The molecule has 3 nitrogen and oxygen atoms in total. The van der Waals surface area contributed by atoms with Crippen molar-refractivity contribution < 1.29 is 10.9 Å². The Balaban J connectivity index is 2.74. The van der Waals surface area contributed by atoms with Crippen LogP contribution in [0.3, 0.4) is 0 Å². The number of methoxy groups -OCH3 is 1. The minimum absolute atomic E-state index is 0.159. The third-order valence-corrected chi connectivity index (χ3v) is 1.04. The van der Waals surface area contributed by atoms with E-state index in [0.29, 0.717) is 17.7 Å². The average Bonchev–Trinajstić information content (AvgIpc) is 2.07. The van der Waals surface area contributed by atoms with Gasteiger partial charge in [-0.1, -0.05) is 0 Å². The first-order chi connectivity index (χ1) is 5.36. The van der Waals surface area contributed by atoms with Gasteiger partial charge in [0.15, 0.2) is 6.29 Å². The van der Waals surface area contributed by atoms with Crippen molar-refractivity contribution in [2.24, 2.45) is 0 Å². The summed E-state index contributed by atoms with van der Waals surface area (Å²) in [5.74, 6) is 0.366. The topological polar surface area (TPSA) is 39.2 Å². The van der Waals surface area contributed by atoms with E-state index in [1.807, 2.05) is 0 Å². The minimum Gasteiger partial charge on any atom is -0.481 e. The van der Waals surface area contributed by atoms with E-state index >= 15 is 0 Å². The summed E-state index contributed by atoms with van der Waals surface area (Å²) in [6.07, 6.45) is 2.11. The molecule has 0 bridgehead atoms. The normalized spacial score (nSPS) is 10.2. The quantitative estimate of drug-likeness (QED) is 0.570. The van der Waals surface area contributed by atoms with E-state index in [9.17, 15) is 4.79 Å². The first-order valence-electron chi connectivity index (χ1n) is 3.41. The fourth-order valence-corrected chi connectivity index (χ4v) is 0.547. The van der Waals surface area contributed by atoms with Crippen LogP contribution >= 0.6 is 0 Å². The molecular weight excluding hydrogens is 130 g/mol. The maximum atomic E-state index is 10.2. The zero-order chi connectivity index (χ0) is 8.10. The van der Waals surface area contributed by atoms with E-state index in [-0.39, 0.29) is 7.09 Å². The van der Waals surface area contributed by atoms with E-state index in [0.717, 1.165) is 0 Å². The summed E-state index contributed by atoms with van der Waals surface area (Å²) in [6, 6.07) is 3.14. The molecule has 0 atom stereocenters. The van der Waals surface area contributed by atoms with Crippen LogP contribution in [-0.4, -0.2) is 18.4 Å². The Morgan fingerprint density at radius 2 is 2.70 bits per heavy atom. The van der Waals surface area contributed by atoms with Crippen molar-refractivity contribution in [2.45, 2.75) is 0 Å². The van der Waals surface area contributed by atoms with Gasteiger partial charge < -0.3 is 4.74 Å². The Morgan fingerprint density at radius 3 is 3.20 bits per heavy atom. The fourth-order valence-electron chi connectivity index (χ4n) is 0.547. The van der Waals surface area contributed by atoms with Gasteiger partial charge in [0, 0.05) is 17.8 Å². The molecule has 0 unspecified atom stereocenters. The molecule has 0 amide bonds. The molecule has 10 heavy (non-hydrogen) atoms. The smallest absolute Gasteiger partial charge is 0.212 e. The Kier molecular flexibility index (Phi) is 1.60. The van der Waals surface area contributed by atoms with Crippen molar-refractivity contribution >= 4 is 6.29 Å². The zero-order valence-electron chi connectivity index (χ0n) is 6.28. The van der Waals surface area contributed by atoms with Crippen LogP contribution in [0.15, 0.2) is 18.3 Å². The van der Waals surface area contributed by atoms with E-state index in [4.69, 9.17) is 6.11 Å². The van der Waals surface area contributed by atoms with Gasteiger partial charge in [0.25, 0.3) is 0 Å². The van der Waals surface area contributed by atoms with Crippen LogP contribution in [0, 0.1) is 0 Å². The van der Waals surface area contributed by atoms with Gasteiger partial charge >= 0.3 is 0 Å². The highest BCUT2D eigenvalue weighted by molar-refractivity contribution is 5.73. The molecule has 1 aromatic rings. The van der Waals surface area contributed by atoms with Gasteiger partial charge in [0.1, 0.15) is 0 Å². The molecule has 0 radical (unpaired) electrons. The second kappa shape index (κ2) is 2.96. The molecule has 0 saturated heterocycles. The van der Waals surface area contributed by atoms with Crippen LogP contribution in [0.2, 0.25) is 0 Å². The lowest BCUT2D eigenvalue weighted by Crippen LogP contribution is -1.87. The summed E-state index contributed by atoms with van der Waals surface area (Å²) in [7, 11) is -0.159. The number of ether oxygens (including phenoxy) is 1. The number of carbonyl (C=O) groups is 1. The highest BCUT2D eigenvalue weighted by Gasteiger charge is 1.91. The van der Waals surface area contributed by atoms with Crippen molar-refractivity contribution in [3.63, 3.8) is 0 Å². The van der Waals surface area contributed by atoms with E-state index in [2.05, 4.69) is 4.98 Å². The Labute approximate surface area is 60.1 Å². The van der Waals surface area contributed by atoms with E-state index in [1.165, 1.54) is 6.20 Å². The molecule has 0 aromatic carbocycles. The Hall–Kier alpha value is -1.38. The van der Waals surface area contributed by atoms with Crippen molar-refractivity contribution in [1.82, 2.24) is 4.98 Å². The third kappa shape index (κ3) is 1.31. The molecule has 0 N–H and O–H groups in total. The maximum absolute atomic E-state index is 10.2. The molecule has 0 aliphatic rings. The van der Waals surface area contributed by atoms with Gasteiger partial charge in [-0.25, -0.2) is 4.98 Å². The number of nitrogens with zero attached hydrogens (tertiary/aromatic N) is 1. The summed E-state index contributed by atoms with van der Waals surface area (Å²) >= 11 is 0. The van der Waals surface area contributed by atoms with E-state index in [1.54, 1.807) is 12.1 Å². The molecule has 1 heterocycles. The van der Waals surface area contributed by atoms with Crippen LogP contribution in [-0.2, 0) is 0 Å². The van der Waals surface area contributed by atoms with Crippen molar-refractivity contribution in [3.05, 3.63) is 23.9 Å². The molecule has 52 valence electrons. The molecule has 0 saturated carbocycles. The summed E-state index contributed by atoms with van der Waals surface area (Å²) in [5.41, 5.74) is 0.502. The predicted molar refractivity (Wildman–Crippen MR) is 36.2 cm³/mol. The Morgan fingerprint density at radius 1 is 1.80 bits per heavy atom. The fraction of sp³-hybridized carbons (Fsp3) is 0.143. The van der Waals surface area contributed by atoms with Crippen molar-refractivity contribution in [2.75, 3.05) is 7.09 Å². The van der Waals surface area contributed by atoms with Crippen LogP contribution in [0.1, 0.15) is 11.7 Å². The summed E-state index contributed by atoms with van der Waals surface area (Å²) < 4.78 is 11.5. The van der Waals surface area contributed by atoms with Gasteiger partial charge in [-0.05, 0) is 6.07 Å². The first kappa shape index (κ1) is 5.41. The van der Waals surface area contributed by atoms with Gasteiger partial charge in [0.2, 0.25) is 5.88 Å². The largest absolute Gasteiger partial charge is 0.481 e. The number of hydrogen-bond donors (Lipinski definition) is 0. The van der Waals surface area contributed by atoms with Crippen LogP contribution in [0.25, 0.3) is 0 Å². The Bertz CT molecular complexity index is 235. The van der Waals surface area contributed by atoms with Crippen LogP contribution in [0.4, 0.5) is 0 Å². The number of pyridine rings is 1. The predicted octanol–water partition coefficient (Wildman–Crippen LogP) is 0.903. The summed E-state index contributed by atoms with van der Waals surface area (Å²) in [4.78, 5) is 13.9. The van der Waals surface area contributed by atoms with E-state index < -0.39 is 0 Å². The monoisotopic (exact) mass is 138 g/mol. The number of rotatable bonds is 2. The van der Waals surface area contributed by atoms with Crippen molar-refractivity contribution in [3.8, 4) is 5.88 Å². The lowest BCUT2D eigenvalue weighted by atomic mass is 10.3. The second-order valence-corrected chi connectivity index (χ2v) is 1.69. The lowest BCUT2D eigenvalue weighted by molar-refractivity contribution is 0.112. The average molecular weight is 138 g/mol. The number of carbonyl (C=O) groups excluding carboxylic acids is 1. The van der Waals surface area contributed by atoms with Gasteiger partial charge in [-0.15, -0.1) is 0 Å². The molecule has 0 spiro atoms. The highest BCUT2D eigenvalue weighted by Crippen LogP contribution is 2.03. The molecule has 0 aliphatic carbocycles. The van der Waals surface area contributed by atoms with Gasteiger partial charge in [-0.2, -0.15) is 0 Å². The second-order valence-electron chi connectivity index (χ2n) is 1.69. The maximum Gasteiger partial charge on any atom is 0.212 e. The SMILES string of the molecule is [2H]COc1ccc(C=O)cn1. The van der Waals surface area contributed by atoms with Gasteiger partial charge in [-0.3, -0.25) is 4.79 Å². The van der Waals surface area contributed by atoms with Gasteiger partial charge in [0.05, 0.1) is 8.46 Å². The van der Waals surface area contributed by atoms with Crippen LogP contribution < -0.4 is 4.74 Å². The molecular formula is C7H7NO2. The minimum atomic E-state index is -0.159. The summed E-state index contributed by atoms with van der Waals surface area (Å²) in [5, 5.41) is 0. The standard InChI is InChI=1S/C7H7NO2/c1-10-7-3-2-6(5-9)4-8-7/h2-5H,1H3/i1D. The zero-order valence-corrected chi connectivity index (χ0v) is 5.28. The van der Waals surface area contributed by atoms with Crippen molar-refractivity contribution in [1.29, 1.82) is 0 Å². The summed E-state index contributed by atoms with van der Waals surface area (Å²) in [6.45, 7) is 0. The number of aromatic nitrogens is 1. The molecule has 0 aliphatic heterocycles. The molecule has 3 heteroatoms. The number of aldehydes is 1. The first-order valence-corrected chi connectivity index (χ1v) is 2.70. The molecule has 1 rings (SSSR count). The molecule has 1 aromatic heterocycles. The lowest BCUT2D eigenvalue weighted by Gasteiger charge is -1.95. The van der Waals surface area contributed by atoms with Crippen LogP contribution in [0.5, 0.6) is 5.88 Å². The third-order valence-electron chi connectivity index (χ3n) is 1.04. The number of hydrogen-bond acceptors (Lipinski definition) is 3.